The van der Waals surface area contributed by atoms with Gasteiger partial charge >= 0.3 is 12.1 Å². The number of aliphatic carboxylic acids is 1. The van der Waals surface area contributed by atoms with Crippen molar-refractivity contribution in [3.05, 3.63) is 59.9 Å². The molecule has 1 aromatic rings. The van der Waals surface area contributed by atoms with Crippen molar-refractivity contribution < 1.29 is 37.3 Å². The van der Waals surface area contributed by atoms with Crippen molar-refractivity contribution in [1.29, 1.82) is 0 Å². The molecular formula is C22H27F3O5S. The lowest BCUT2D eigenvalue weighted by molar-refractivity contribution is -0.139. The van der Waals surface area contributed by atoms with Gasteiger partial charge in [-0.3, -0.25) is 0 Å². The van der Waals surface area contributed by atoms with E-state index < -0.39 is 24.3 Å². The Balaban J connectivity index is 2.69. The minimum atomic E-state index is -4.39. The van der Waals surface area contributed by atoms with Gasteiger partial charge < -0.3 is 19.3 Å². The second-order valence-corrected chi connectivity index (χ2v) is 7.52. The van der Waals surface area contributed by atoms with Gasteiger partial charge in [0, 0.05) is 22.8 Å². The fraction of sp³-hybridized carbons (Fsp3) is 0.409. The number of rotatable bonds is 13. The van der Waals surface area contributed by atoms with Crippen molar-refractivity contribution in [2.75, 3.05) is 25.6 Å². The standard InChI is InChI=1S/C22H27F3O5S/c1-5-17(8-7-16(4)22(23,24)25)29-12-18(28-6-2)14-31-19-9-10-20(15(3)11-19)30-13-21(26)27/h5,7-11,18H,1,6,12-14H2,2-4H3,(H,26,27)/b16-7+,17-8+. The van der Waals surface area contributed by atoms with Crippen LogP contribution in [0.1, 0.15) is 19.4 Å². The highest BCUT2D eigenvalue weighted by Crippen LogP contribution is 2.27. The summed E-state index contributed by atoms with van der Waals surface area (Å²) in [5.74, 6) is 0.215. The fourth-order valence-corrected chi connectivity index (χ4v) is 3.24. The molecular weight excluding hydrogens is 433 g/mol. The number of hydrogen-bond donors (Lipinski definition) is 1. The molecule has 0 fully saturated rings. The van der Waals surface area contributed by atoms with E-state index in [4.69, 9.17) is 19.3 Å². The zero-order chi connectivity index (χ0) is 23.4. The lowest BCUT2D eigenvalue weighted by Gasteiger charge is -2.18. The molecule has 0 bridgehead atoms. The van der Waals surface area contributed by atoms with Crippen LogP contribution in [0.25, 0.3) is 0 Å². The van der Waals surface area contributed by atoms with E-state index in [1.807, 2.05) is 26.0 Å². The zero-order valence-corrected chi connectivity index (χ0v) is 18.5. The molecule has 1 aromatic carbocycles. The number of carboxylic acids is 1. The summed E-state index contributed by atoms with van der Waals surface area (Å²) in [7, 11) is 0. The Morgan fingerprint density at radius 2 is 2.03 bits per heavy atom. The third kappa shape index (κ3) is 10.5. The van der Waals surface area contributed by atoms with Gasteiger partial charge in [-0.15, -0.1) is 11.8 Å². The summed E-state index contributed by atoms with van der Waals surface area (Å²) in [5, 5.41) is 8.70. The summed E-state index contributed by atoms with van der Waals surface area (Å²) in [6.45, 7) is 8.41. The van der Waals surface area contributed by atoms with E-state index in [9.17, 15) is 18.0 Å². The number of aryl methyl sites for hydroxylation is 1. The predicted molar refractivity (Wildman–Crippen MR) is 114 cm³/mol. The van der Waals surface area contributed by atoms with E-state index in [2.05, 4.69) is 6.58 Å². The Labute approximate surface area is 184 Å². The molecule has 0 radical (unpaired) electrons. The van der Waals surface area contributed by atoms with Crippen LogP contribution in [-0.2, 0) is 14.3 Å². The number of thioether (sulfide) groups is 1. The maximum Gasteiger partial charge on any atom is 0.412 e. The number of hydrogen-bond acceptors (Lipinski definition) is 5. The van der Waals surface area contributed by atoms with Gasteiger partial charge in [0.15, 0.2) is 6.61 Å². The Morgan fingerprint density at radius 1 is 1.32 bits per heavy atom. The Hall–Kier alpha value is -2.39. The number of allylic oxidation sites excluding steroid dienone is 4. The van der Waals surface area contributed by atoms with Crippen LogP contribution in [0.4, 0.5) is 13.2 Å². The van der Waals surface area contributed by atoms with Crippen LogP contribution in [-0.4, -0.2) is 48.9 Å². The van der Waals surface area contributed by atoms with Crippen LogP contribution in [0.5, 0.6) is 5.75 Å². The number of carboxylic acid groups (broad SMARTS) is 1. The van der Waals surface area contributed by atoms with Crippen molar-refractivity contribution >= 4 is 17.7 Å². The summed E-state index contributed by atoms with van der Waals surface area (Å²) in [5.41, 5.74) is 0.0673. The van der Waals surface area contributed by atoms with Gasteiger partial charge in [0.25, 0.3) is 0 Å². The quantitative estimate of drug-likeness (QED) is 0.237. The van der Waals surface area contributed by atoms with Crippen molar-refractivity contribution in [2.24, 2.45) is 0 Å². The summed E-state index contributed by atoms with van der Waals surface area (Å²) in [4.78, 5) is 11.6. The average molecular weight is 461 g/mol. The van der Waals surface area contributed by atoms with Gasteiger partial charge in [-0.05, 0) is 56.7 Å². The Morgan fingerprint density at radius 3 is 2.58 bits per heavy atom. The molecule has 5 nitrogen and oxygen atoms in total. The monoisotopic (exact) mass is 460 g/mol. The molecule has 1 unspecified atom stereocenters. The van der Waals surface area contributed by atoms with Crippen LogP contribution in [0, 0.1) is 6.92 Å². The normalized spacial score (nSPS) is 13.6. The second kappa shape index (κ2) is 13.1. The van der Waals surface area contributed by atoms with Crippen LogP contribution >= 0.6 is 11.8 Å². The average Bonchev–Trinajstić information content (AvgIpc) is 2.70. The van der Waals surface area contributed by atoms with Crippen molar-refractivity contribution in [1.82, 2.24) is 0 Å². The van der Waals surface area contributed by atoms with Gasteiger partial charge in [0.2, 0.25) is 0 Å². The molecule has 0 spiro atoms. The third-order valence-corrected chi connectivity index (χ3v) is 5.04. The summed E-state index contributed by atoms with van der Waals surface area (Å²) >= 11 is 1.51. The van der Waals surface area contributed by atoms with Crippen LogP contribution in [0.2, 0.25) is 0 Å². The maximum absolute atomic E-state index is 12.6. The zero-order valence-electron chi connectivity index (χ0n) is 17.7. The third-order valence-electron chi connectivity index (χ3n) is 3.92. The number of ether oxygens (including phenoxy) is 3. The minimum absolute atomic E-state index is 0.149. The predicted octanol–water partition coefficient (Wildman–Crippen LogP) is 5.55. The van der Waals surface area contributed by atoms with Gasteiger partial charge in [-0.2, -0.15) is 13.2 Å². The molecule has 0 aromatic heterocycles. The highest BCUT2D eigenvalue weighted by molar-refractivity contribution is 7.99. The molecule has 1 rings (SSSR count). The largest absolute Gasteiger partial charge is 0.491 e. The first kappa shape index (κ1) is 26.6. The molecule has 0 saturated heterocycles. The van der Waals surface area contributed by atoms with E-state index in [1.165, 1.54) is 23.9 Å². The Bertz CT molecular complexity index is 803. The number of alkyl halides is 3. The van der Waals surface area contributed by atoms with E-state index in [-0.39, 0.29) is 18.5 Å². The first-order valence-electron chi connectivity index (χ1n) is 9.47. The lowest BCUT2D eigenvalue weighted by Crippen LogP contribution is -2.22. The van der Waals surface area contributed by atoms with Crippen molar-refractivity contribution in [3.63, 3.8) is 0 Å². The van der Waals surface area contributed by atoms with Gasteiger partial charge in [-0.1, -0.05) is 12.7 Å². The molecule has 0 aliphatic heterocycles. The van der Waals surface area contributed by atoms with Crippen molar-refractivity contribution in [3.8, 4) is 5.75 Å². The SMILES string of the molecule is C=C/C(=C\C=C(/C)C(F)(F)F)OCC(CSc1ccc(OCC(=O)O)c(C)c1)OCC. The summed E-state index contributed by atoms with van der Waals surface area (Å²) < 4.78 is 54.2. The lowest BCUT2D eigenvalue weighted by atomic mass is 10.2. The molecule has 9 heteroatoms. The van der Waals surface area contributed by atoms with E-state index in [1.54, 1.807) is 6.07 Å². The molecule has 0 aliphatic carbocycles. The molecule has 0 saturated carbocycles. The number of carbonyl (C=O) groups is 1. The highest BCUT2D eigenvalue weighted by Gasteiger charge is 2.29. The first-order chi connectivity index (χ1) is 14.6. The molecule has 1 atom stereocenters. The molecule has 172 valence electrons. The molecule has 0 heterocycles. The van der Waals surface area contributed by atoms with E-state index in [0.717, 1.165) is 23.5 Å². The van der Waals surface area contributed by atoms with Crippen LogP contribution < -0.4 is 4.74 Å². The van der Waals surface area contributed by atoms with E-state index in [0.29, 0.717) is 18.1 Å². The number of halogens is 3. The minimum Gasteiger partial charge on any atom is -0.491 e. The topological polar surface area (TPSA) is 65.0 Å². The molecule has 0 aliphatic rings. The highest BCUT2D eigenvalue weighted by atomic mass is 32.2. The summed E-state index contributed by atoms with van der Waals surface area (Å²) in [6, 6.07) is 5.41. The van der Waals surface area contributed by atoms with Crippen molar-refractivity contribution in [2.45, 2.75) is 37.9 Å². The molecule has 1 N–H and O–H groups in total. The van der Waals surface area contributed by atoms with E-state index >= 15 is 0 Å². The van der Waals surface area contributed by atoms with Crippen LogP contribution in [0.3, 0.4) is 0 Å². The molecule has 31 heavy (non-hydrogen) atoms. The second-order valence-electron chi connectivity index (χ2n) is 6.43. The van der Waals surface area contributed by atoms with Gasteiger partial charge in [0.1, 0.15) is 24.2 Å². The van der Waals surface area contributed by atoms with Crippen LogP contribution in [0.15, 0.2) is 59.2 Å². The number of benzene rings is 1. The fourth-order valence-electron chi connectivity index (χ4n) is 2.25. The Kier molecular flexibility index (Phi) is 11.3. The molecule has 0 amide bonds. The van der Waals surface area contributed by atoms with Gasteiger partial charge in [-0.25, -0.2) is 4.79 Å². The summed E-state index contributed by atoms with van der Waals surface area (Å²) in [6.07, 6.45) is -1.17. The van der Waals surface area contributed by atoms with Gasteiger partial charge in [0.05, 0.1) is 0 Å². The smallest absolute Gasteiger partial charge is 0.412 e. The maximum atomic E-state index is 12.6. The first-order valence-corrected chi connectivity index (χ1v) is 10.5.